The van der Waals surface area contributed by atoms with Crippen molar-refractivity contribution >= 4 is 38.5 Å². The molecular formula is C18H16N4OS. The molecule has 0 fully saturated rings. The van der Waals surface area contributed by atoms with Gasteiger partial charge < -0.3 is 9.88 Å². The fourth-order valence-electron chi connectivity index (χ4n) is 2.72. The van der Waals surface area contributed by atoms with E-state index in [1.807, 2.05) is 60.0 Å². The molecule has 1 atom stereocenters. The number of aromatic nitrogens is 3. The molecule has 2 aromatic carbocycles. The van der Waals surface area contributed by atoms with E-state index in [4.69, 9.17) is 0 Å². The van der Waals surface area contributed by atoms with Gasteiger partial charge in [0, 0.05) is 0 Å². The molecule has 120 valence electrons. The summed E-state index contributed by atoms with van der Waals surface area (Å²) in [6.45, 7) is 2.32. The van der Waals surface area contributed by atoms with Crippen molar-refractivity contribution in [1.82, 2.24) is 19.9 Å². The highest BCUT2D eigenvalue weighted by atomic mass is 32.1. The second kappa shape index (κ2) is 6.05. The van der Waals surface area contributed by atoms with Crippen molar-refractivity contribution in [2.45, 2.75) is 19.5 Å². The van der Waals surface area contributed by atoms with Crippen LogP contribution in [0.25, 0.3) is 21.3 Å². The summed E-state index contributed by atoms with van der Waals surface area (Å²) in [6, 6.07) is 15.5. The lowest BCUT2D eigenvalue weighted by Crippen LogP contribution is -2.30. The van der Waals surface area contributed by atoms with E-state index in [2.05, 4.69) is 15.3 Å². The molecule has 1 amide bonds. The molecule has 0 radical (unpaired) electrons. The first-order valence-electron chi connectivity index (χ1n) is 7.76. The quantitative estimate of drug-likeness (QED) is 0.620. The minimum Gasteiger partial charge on any atom is -0.348 e. The Morgan fingerprint density at radius 3 is 2.75 bits per heavy atom. The lowest BCUT2D eigenvalue weighted by atomic mass is 10.2. The summed E-state index contributed by atoms with van der Waals surface area (Å²) >= 11 is 1.61. The molecule has 0 saturated heterocycles. The molecule has 0 bridgehead atoms. The molecule has 6 heteroatoms. The molecule has 0 aliphatic rings. The molecule has 2 heterocycles. The minimum absolute atomic E-state index is 0.0441. The van der Waals surface area contributed by atoms with Crippen LogP contribution in [0.3, 0.4) is 0 Å². The SMILES string of the molecule is C[C@@H](C(=O)NCc1nc2ccccc2s1)n1cnc2ccccc21. The summed E-state index contributed by atoms with van der Waals surface area (Å²) in [6.07, 6.45) is 1.71. The van der Waals surface area contributed by atoms with Crippen LogP contribution in [-0.4, -0.2) is 20.4 Å². The van der Waals surface area contributed by atoms with Crippen LogP contribution in [0, 0.1) is 0 Å². The van der Waals surface area contributed by atoms with Gasteiger partial charge in [0.05, 0.1) is 34.1 Å². The topological polar surface area (TPSA) is 59.8 Å². The molecule has 2 aromatic heterocycles. The number of nitrogens with one attached hydrogen (secondary N) is 1. The van der Waals surface area contributed by atoms with Gasteiger partial charge in [-0.1, -0.05) is 24.3 Å². The Morgan fingerprint density at radius 1 is 1.17 bits per heavy atom. The highest BCUT2D eigenvalue weighted by Gasteiger charge is 2.17. The van der Waals surface area contributed by atoms with Gasteiger partial charge in [0.25, 0.3) is 0 Å². The molecule has 0 aliphatic carbocycles. The van der Waals surface area contributed by atoms with Gasteiger partial charge in [0.2, 0.25) is 5.91 Å². The fraction of sp³-hybridized carbons (Fsp3) is 0.167. The smallest absolute Gasteiger partial charge is 0.243 e. The van der Waals surface area contributed by atoms with E-state index in [1.165, 1.54) is 0 Å². The van der Waals surface area contributed by atoms with Crippen molar-refractivity contribution in [3.8, 4) is 0 Å². The molecule has 0 spiro atoms. The predicted octanol–water partition coefficient (Wildman–Crippen LogP) is 3.52. The second-order valence-electron chi connectivity index (χ2n) is 5.61. The Labute approximate surface area is 143 Å². The Hall–Kier alpha value is -2.73. The molecular weight excluding hydrogens is 320 g/mol. The number of thiazole rings is 1. The maximum Gasteiger partial charge on any atom is 0.243 e. The number of nitrogens with zero attached hydrogens (tertiary/aromatic N) is 3. The van der Waals surface area contributed by atoms with Gasteiger partial charge >= 0.3 is 0 Å². The van der Waals surface area contributed by atoms with Crippen LogP contribution < -0.4 is 5.32 Å². The van der Waals surface area contributed by atoms with Gasteiger partial charge in [-0.3, -0.25) is 4.79 Å². The molecule has 4 aromatic rings. The first-order chi connectivity index (χ1) is 11.7. The zero-order valence-corrected chi connectivity index (χ0v) is 14.0. The summed E-state index contributed by atoms with van der Waals surface area (Å²) in [5.74, 6) is -0.0441. The van der Waals surface area contributed by atoms with Gasteiger partial charge in [-0.15, -0.1) is 11.3 Å². The zero-order chi connectivity index (χ0) is 16.5. The number of hydrogen-bond acceptors (Lipinski definition) is 4. The highest BCUT2D eigenvalue weighted by molar-refractivity contribution is 7.18. The summed E-state index contributed by atoms with van der Waals surface area (Å²) < 4.78 is 3.03. The third kappa shape index (κ3) is 2.65. The number of para-hydroxylation sites is 3. The van der Waals surface area contributed by atoms with Gasteiger partial charge in [-0.25, -0.2) is 9.97 Å². The molecule has 0 unspecified atom stereocenters. The van der Waals surface area contributed by atoms with Crippen LogP contribution in [-0.2, 0) is 11.3 Å². The Kier molecular flexibility index (Phi) is 3.74. The molecule has 24 heavy (non-hydrogen) atoms. The molecule has 0 aliphatic heterocycles. The zero-order valence-electron chi connectivity index (χ0n) is 13.1. The van der Waals surface area contributed by atoms with Crippen molar-refractivity contribution in [2.75, 3.05) is 0 Å². The Balaban J connectivity index is 1.49. The van der Waals surface area contributed by atoms with Crippen LogP contribution in [0.1, 0.15) is 18.0 Å². The van der Waals surface area contributed by atoms with Crippen molar-refractivity contribution in [2.24, 2.45) is 0 Å². The van der Waals surface area contributed by atoms with Crippen LogP contribution in [0.4, 0.5) is 0 Å². The van der Waals surface area contributed by atoms with Crippen molar-refractivity contribution in [3.63, 3.8) is 0 Å². The lowest BCUT2D eigenvalue weighted by molar-refractivity contribution is -0.123. The summed E-state index contributed by atoms with van der Waals surface area (Å²) in [5.41, 5.74) is 2.82. The first kappa shape index (κ1) is 14.8. The van der Waals surface area contributed by atoms with E-state index in [9.17, 15) is 4.79 Å². The second-order valence-corrected chi connectivity index (χ2v) is 6.72. The first-order valence-corrected chi connectivity index (χ1v) is 8.58. The average molecular weight is 336 g/mol. The van der Waals surface area contributed by atoms with Crippen LogP contribution in [0.5, 0.6) is 0 Å². The standard InChI is InChI=1S/C18H16N4OS/c1-12(22-11-20-13-6-2-4-8-15(13)22)18(23)19-10-17-21-14-7-3-5-9-16(14)24-17/h2-9,11-12H,10H2,1H3,(H,19,23)/t12-/m0/s1. The average Bonchev–Trinajstić information content (AvgIpc) is 3.22. The lowest BCUT2D eigenvalue weighted by Gasteiger charge is -2.14. The van der Waals surface area contributed by atoms with E-state index in [-0.39, 0.29) is 11.9 Å². The van der Waals surface area contributed by atoms with Gasteiger partial charge in [-0.05, 0) is 31.2 Å². The van der Waals surface area contributed by atoms with E-state index >= 15 is 0 Å². The van der Waals surface area contributed by atoms with E-state index in [1.54, 1.807) is 17.7 Å². The van der Waals surface area contributed by atoms with E-state index < -0.39 is 0 Å². The number of hydrogen-bond donors (Lipinski definition) is 1. The third-order valence-corrected chi connectivity index (χ3v) is 5.07. The highest BCUT2D eigenvalue weighted by Crippen LogP contribution is 2.22. The Morgan fingerprint density at radius 2 is 1.92 bits per heavy atom. The number of amides is 1. The summed E-state index contributed by atoms with van der Waals surface area (Å²) in [7, 11) is 0. The monoisotopic (exact) mass is 336 g/mol. The molecule has 1 N–H and O–H groups in total. The van der Waals surface area contributed by atoms with E-state index in [0.29, 0.717) is 6.54 Å². The number of fused-ring (bicyclic) bond motifs is 2. The van der Waals surface area contributed by atoms with Crippen molar-refractivity contribution in [1.29, 1.82) is 0 Å². The summed E-state index contributed by atoms with van der Waals surface area (Å²) in [5, 5.41) is 3.88. The normalized spacial score (nSPS) is 12.5. The number of carbonyl (C=O) groups is 1. The van der Waals surface area contributed by atoms with Crippen LogP contribution in [0.2, 0.25) is 0 Å². The van der Waals surface area contributed by atoms with E-state index in [0.717, 1.165) is 26.3 Å². The molecule has 5 nitrogen and oxygen atoms in total. The number of imidazole rings is 1. The van der Waals surface area contributed by atoms with Crippen LogP contribution >= 0.6 is 11.3 Å². The summed E-state index contributed by atoms with van der Waals surface area (Å²) in [4.78, 5) is 21.4. The van der Waals surface area contributed by atoms with Crippen LogP contribution in [0.15, 0.2) is 54.9 Å². The predicted molar refractivity (Wildman–Crippen MR) is 95.9 cm³/mol. The maximum atomic E-state index is 12.5. The van der Waals surface area contributed by atoms with Gasteiger partial charge in [0.15, 0.2) is 0 Å². The largest absolute Gasteiger partial charge is 0.348 e. The minimum atomic E-state index is -0.327. The Bertz CT molecular complexity index is 987. The van der Waals surface area contributed by atoms with Crippen molar-refractivity contribution < 1.29 is 4.79 Å². The molecule has 0 saturated carbocycles. The number of benzene rings is 2. The van der Waals surface area contributed by atoms with Gasteiger partial charge in [-0.2, -0.15) is 0 Å². The van der Waals surface area contributed by atoms with Gasteiger partial charge in [0.1, 0.15) is 11.0 Å². The molecule has 4 rings (SSSR count). The third-order valence-electron chi connectivity index (χ3n) is 4.03. The number of carbonyl (C=O) groups excluding carboxylic acids is 1. The number of rotatable bonds is 4. The fourth-order valence-corrected chi connectivity index (χ4v) is 3.63. The maximum absolute atomic E-state index is 12.5. The van der Waals surface area contributed by atoms with Crippen molar-refractivity contribution in [3.05, 3.63) is 59.9 Å².